The van der Waals surface area contributed by atoms with Crippen molar-refractivity contribution in [3.8, 4) is 0 Å². The second kappa shape index (κ2) is 57.1. The number of rotatable bonds is 54. The van der Waals surface area contributed by atoms with Crippen LogP contribution in [0.25, 0.3) is 0 Å². The number of carbonyl (C=O) groups excluding carboxylic acids is 2. The lowest BCUT2D eigenvalue weighted by Gasteiger charge is -2.20. The molecule has 0 aliphatic carbocycles. The molecule has 0 saturated heterocycles. The summed E-state index contributed by atoms with van der Waals surface area (Å²) in [6, 6.07) is -0.634. The fourth-order valence-corrected chi connectivity index (χ4v) is 8.69. The second-order valence-electron chi connectivity index (χ2n) is 20.0. The topological polar surface area (TPSA) is 95.9 Å². The van der Waals surface area contributed by atoms with E-state index in [-0.39, 0.29) is 18.5 Å². The summed E-state index contributed by atoms with van der Waals surface area (Å²) in [5.41, 5.74) is 0. The number of hydrogen-bond acceptors (Lipinski definition) is 5. The maximum Gasteiger partial charge on any atom is 0.305 e. The van der Waals surface area contributed by atoms with Crippen molar-refractivity contribution in [2.45, 2.75) is 309 Å². The van der Waals surface area contributed by atoms with Crippen molar-refractivity contribution in [3.63, 3.8) is 0 Å². The van der Waals surface area contributed by atoms with Gasteiger partial charge in [-0.25, -0.2) is 0 Å². The van der Waals surface area contributed by atoms with E-state index in [2.05, 4.69) is 67.8 Å². The minimum atomic E-state index is -0.850. The van der Waals surface area contributed by atoms with Gasteiger partial charge in [0.15, 0.2) is 0 Å². The molecule has 3 N–H and O–H groups in total. The first-order chi connectivity index (χ1) is 33.5. The molecule has 0 heterocycles. The third kappa shape index (κ3) is 52.9. The first-order valence-corrected chi connectivity index (χ1v) is 29.6. The molecule has 0 aliphatic rings. The van der Waals surface area contributed by atoms with Gasteiger partial charge < -0.3 is 20.3 Å². The number of nitrogens with one attached hydrogen (secondary N) is 1. The number of aliphatic hydroxyl groups excluding tert-OH is 2. The Morgan fingerprint density at radius 1 is 0.412 bits per heavy atom. The Bertz CT molecular complexity index is 1190. The monoisotopic (exact) mass is 952 g/mol. The molecule has 0 rings (SSSR count). The van der Waals surface area contributed by atoms with Gasteiger partial charge in [-0.15, -0.1) is 0 Å². The molecule has 0 aromatic rings. The minimum absolute atomic E-state index is 0.00181. The highest BCUT2D eigenvalue weighted by atomic mass is 16.5. The Morgan fingerprint density at radius 2 is 0.735 bits per heavy atom. The first-order valence-electron chi connectivity index (χ1n) is 29.6. The van der Waals surface area contributed by atoms with Gasteiger partial charge in [0, 0.05) is 12.8 Å². The van der Waals surface area contributed by atoms with Crippen molar-refractivity contribution in [3.05, 3.63) is 60.8 Å². The summed E-state index contributed by atoms with van der Waals surface area (Å²) in [7, 11) is 0. The van der Waals surface area contributed by atoms with Crippen LogP contribution in [0.3, 0.4) is 0 Å². The van der Waals surface area contributed by atoms with Crippen LogP contribution in [-0.2, 0) is 14.3 Å². The van der Waals surface area contributed by atoms with E-state index < -0.39 is 12.1 Å². The van der Waals surface area contributed by atoms with Crippen LogP contribution in [0.2, 0.25) is 0 Å². The average Bonchev–Trinajstić information content (AvgIpc) is 3.34. The van der Waals surface area contributed by atoms with E-state index >= 15 is 0 Å². The smallest absolute Gasteiger partial charge is 0.305 e. The van der Waals surface area contributed by atoms with Crippen molar-refractivity contribution in [1.29, 1.82) is 0 Å². The lowest BCUT2D eigenvalue weighted by molar-refractivity contribution is -0.143. The predicted molar refractivity (Wildman–Crippen MR) is 296 cm³/mol. The summed E-state index contributed by atoms with van der Waals surface area (Å²) >= 11 is 0. The molecule has 0 aliphatic heterocycles. The predicted octanol–water partition coefficient (Wildman–Crippen LogP) is 18.4. The largest absolute Gasteiger partial charge is 0.466 e. The normalized spacial score (nSPS) is 13.1. The number of carbonyl (C=O) groups is 2. The number of unbranched alkanes of at least 4 members (excludes halogenated alkanes) is 35. The van der Waals surface area contributed by atoms with Crippen LogP contribution in [0.1, 0.15) is 296 Å². The maximum absolute atomic E-state index is 12.4. The van der Waals surface area contributed by atoms with Crippen molar-refractivity contribution in [2.75, 3.05) is 13.2 Å². The fourth-order valence-electron chi connectivity index (χ4n) is 8.69. The summed E-state index contributed by atoms with van der Waals surface area (Å²) in [5.74, 6) is -0.0804. The molecule has 2 atom stereocenters. The molecule has 0 radical (unpaired) electrons. The molecule has 0 bridgehead atoms. The van der Waals surface area contributed by atoms with Gasteiger partial charge in [0.1, 0.15) is 0 Å². The summed E-state index contributed by atoms with van der Waals surface area (Å²) in [6.07, 6.45) is 74.0. The highest BCUT2D eigenvalue weighted by Crippen LogP contribution is 2.15. The summed E-state index contributed by atoms with van der Waals surface area (Å²) in [5, 5.41) is 22.9. The fraction of sp³-hybridized carbons (Fsp3) is 0.806. The average molecular weight is 953 g/mol. The lowest BCUT2D eigenvalue weighted by Crippen LogP contribution is -2.45. The van der Waals surface area contributed by atoms with Gasteiger partial charge in [-0.3, -0.25) is 9.59 Å². The second-order valence-corrected chi connectivity index (χ2v) is 20.0. The van der Waals surface area contributed by atoms with Crippen molar-refractivity contribution < 1.29 is 24.5 Å². The van der Waals surface area contributed by atoms with Crippen LogP contribution in [-0.4, -0.2) is 47.4 Å². The Morgan fingerprint density at radius 3 is 1.15 bits per heavy atom. The molecule has 0 fully saturated rings. The van der Waals surface area contributed by atoms with E-state index in [4.69, 9.17) is 4.74 Å². The number of hydrogen-bond donors (Lipinski definition) is 3. The highest BCUT2D eigenvalue weighted by molar-refractivity contribution is 5.76. The summed E-state index contributed by atoms with van der Waals surface area (Å²) in [6.45, 7) is 4.84. The Balaban J connectivity index is 3.43. The van der Waals surface area contributed by atoms with Gasteiger partial charge in [0.25, 0.3) is 0 Å². The number of allylic oxidation sites excluding steroid dienone is 9. The molecule has 2 unspecified atom stereocenters. The van der Waals surface area contributed by atoms with E-state index in [0.717, 1.165) is 70.6 Å². The van der Waals surface area contributed by atoms with Gasteiger partial charge in [-0.1, -0.05) is 248 Å². The third-order valence-corrected chi connectivity index (χ3v) is 13.3. The highest BCUT2D eigenvalue weighted by Gasteiger charge is 2.18. The first kappa shape index (κ1) is 65.6. The molecule has 0 saturated carbocycles. The van der Waals surface area contributed by atoms with E-state index in [1.54, 1.807) is 6.08 Å². The van der Waals surface area contributed by atoms with Crippen molar-refractivity contribution in [1.82, 2.24) is 5.32 Å². The summed E-state index contributed by atoms with van der Waals surface area (Å²) in [4.78, 5) is 24.5. The zero-order valence-electron chi connectivity index (χ0n) is 45.1. The van der Waals surface area contributed by atoms with E-state index in [1.165, 1.54) is 199 Å². The molecule has 6 nitrogen and oxygen atoms in total. The van der Waals surface area contributed by atoms with E-state index in [1.807, 2.05) is 6.08 Å². The van der Waals surface area contributed by atoms with Crippen molar-refractivity contribution >= 4 is 11.9 Å². The number of amides is 1. The van der Waals surface area contributed by atoms with Gasteiger partial charge in [-0.05, 0) is 96.3 Å². The Hall–Kier alpha value is -2.44. The summed E-state index contributed by atoms with van der Waals surface area (Å²) < 4.78 is 5.49. The zero-order chi connectivity index (χ0) is 49.3. The SMILES string of the molecule is CCCCC/C=C\C/C=C\CCCCCCCCCCCC(=O)OCCCCCCCCCCC/C=C\C/C=C\CCCCCCCCCC(=O)NC(CO)C(O)/C=C/CCCCCCCCC. The molecular weight excluding hydrogens is 839 g/mol. The Kier molecular flexibility index (Phi) is 55.1. The molecule has 68 heavy (non-hydrogen) atoms. The van der Waals surface area contributed by atoms with Gasteiger partial charge in [0.2, 0.25) is 5.91 Å². The van der Waals surface area contributed by atoms with Crippen LogP contribution in [0, 0.1) is 0 Å². The molecule has 396 valence electrons. The molecular formula is C62H113NO5. The number of esters is 1. The van der Waals surface area contributed by atoms with E-state index in [9.17, 15) is 19.8 Å². The zero-order valence-corrected chi connectivity index (χ0v) is 45.1. The van der Waals surface area contributed by atoms with Crippen LogP contribution < -0.4 is 5.32 Å². The van der Waals surface area contributed by atoms with Crippen LogP contribution in [0.5, 0.6) is 0 Å². The maximum atomic E-state index is 12.4. The third-order valence-electron chi connectivity index (χ3n) is 13.3. The molecule has 0 aromatic carbocycles. The number of aliphatic hydroxyl groups is 2. The van der Waals surface area contributed by atoms with Gasteiger partial charge >= 0.3 is 5.97 Å². The molecule has 0 spiro atoms. The molecule has 1 amide bonds. The minimum Gasteiger partial charge on any atom is -0.466 e. The quantitative estimate of drug-likeness (QED) is 0.0321. The van der Waals surface area contributed by atoms with Crippen LogP contribution in [0.4, 0.5) is 0 Å². The molecule has 0 aromatic heterocycles. The van der Waals surface area contributed by atoms with Gasteiger partial charge in [0.05, 0.1) is 25.4 Å². The standard InChI is InChI=1S/C62H113NO5/c1-3-5-7-9-11-13-14-15-16-17-23-27-30-33-36-40-44-48-52-56-62(67)68-57-53-49-45-41-37-34-31-28-25-22-20-18-19-21-24-26-29-32-35-39-43-47-51-55-61(66)63-59(58-64)60(65)54-50-46-42-38-12-10-8-6-4-2/h11,13,15-16,18,20-21,24,50,54,59-60,64-65H,3-10,12,14,17,19,22-23,25-49,51-53,55-58H2,1-2H3,(H,63,66)/b13-11-,16-15-,20-18-,24-21-,54-50+. The molecule has 6 heteroatoms. The van der Waals surface area contributed by atoms with Crippen LogP contribution >= 0.6 is 0 Å². The number of ether oxygens (including phenoxy) is 1. The van der Waals surface area contributed by atoms with Gasteiger partial charge in [-0.2, -0.15) is 0 Å². The Labute approximate surface area is 422 Å². The van der Waals surface area contributed by atoms with Crippen LogP contribution in [0.15, 0.2) is 60.8 Å². The lowest BCUT2D eigenvalue weighted by atomic mass is 10.1. The van der Waals surface area contributed by atoms with Crippen molar-refractivity contribution in [2.24, 2.45) is 0 Å². The van der Waals surface area contributed by atoms with E-state index in [0.29, 0.717) is 19.4 Å².